The minimum atomic E-state index is -0.512. The molecule has 0 aliphatic carbocycles. The molecule has 1 aromatic carbocycles. The van der Waals surface area contributed by atoms with Crippen LogP contribution in [0.15, 0.2) is 45.0 Å². The first kappa shape index (κ1) is 20.1. The number of benzene rings is 1. The minimum Gasteiger partial charge on any atom is -0.462 e. The Kier molecular flexibility index (Phi) is 6.11. The predicted octanol–water partition coefficient (Wildman–Crippen LogP) is 4.69. The molecule has 0 aromatic heterocycles. The topological polar surface area (TPSA) is 59.0 Å². The van der Waals surface area contributed by atoms with E-state index in [1.807, 2.05) is 52.0 Å². The van der Waals surface area contributed by atoms with Gasteiger partial charge in [0.05, 0.1) is 29.2 Å². The number of rotatable bonds is 5. The number of ether oxygens (including phenoxy) is 1. The number of nitrogens with zero attached hydrogens (tertiary/aromatic N) is 2. The number of carbonyl (C=O) groups excluding carboxylic acids is 2. The second-order valence-electron chi connectivity index (χ2n) is 7.06. The fraction of sp³-hybridized carbons (Fsp3) is 0.450. The van der Waals surface area contributed by atoms with E-state index in [4.69, 9.17) is 4.74 Å². The summed E-state index contributed by atoms with van der Waals surface area (Å²) in [6.07, 6.45) is 0.720. The van der Waals surface area contributed by atoms with Crippen molar-refractivity contribution in [3.05, 3.63) is 45.6 Å². The fourth-order valence-corrected chi connectivity index (χ4v) is 4.53. The molecule has 3 rings (SSSR count). The first-order valence-electron chi connectivity index (χ1n) is 9.05. The molecule has 2 atom stereocenters. The number of hydrogen-bond donors (Lipinski definition) is 0. The molecule has 2 heterocycles. The van der Waals surface area contributed by atoms with E-state index in [0.29, 0.717) is 23.0 Å². The molecule has 7 heteroatoms. The molecular formula is C20H23BrN2O3S. The zero-order valence-electron chi connectivity index (χ0n) is 15.9. The molecule has 1 amide bonds. The maximum atomic E-state index is 13.0. The highest BCUT2D eigenvalue weighted by atomic mass is 79.9. The maximum absolute atomic E-state index is 13.0. The van der Waals surface area contributed by atoms with Gasteiger partial charge in [-0.05, 0) is 37.0 Å². The Hall–Kier alpha value is -1.60. The van der Waals surface area contributed by atoms with Crippen LogP contribution in [0, 0.1) is 5.92 Å². The number of aliphatic imine (C=N–C) groups is 1. The molecule has 0 N–H and O–H groups in total. The Morgan fingerprint density at radius 1 is 1.33 bits per heavy atom. The first-order chi connectivity index (χ1) is 12.8. The van der Waals surface area contributed by atoms with Gasteiger partial charge in [0.2, 0.25) is 5.91 Å². The van der Waals surface area contributed by atoms with Crippen LogP contribution in [0.2, 0.25) is 0 Å². The van der Waals surface area contributed by atoms with Gasteiger partial charge in [-0.15, -0.1) is 0 Å². The average molecular weight is 451 g/mol. The number of carbonyl (C=O) groups is 2. The van der Waals surface area contributed by atoms with Crippen LogP contribution in [-0.4, -0.2) is 33.8 Å². The SMILES string of the molecule is CC[C@H]1SC2=NC(C)=C(C(=O)OCC(C)C)[C@H](c3ccc(Br)cc3)N2C1=O. The van der Waals surface area contributed by atoms with E-state index in [1.165, 1.54) is 11.8 Å². The third kappa shape index (κ3) is 3.99. The molecule has 27 heavy (non-hydrogen) atoms. The van der Waals surface area contributed by atoms with Crippen LogP contribution in [0.1, 0.15) is 45.7 Å². The zero-order valence-corrected chi connectivity index (χ0v) is 18.3. The molecule has 1 aromatic rings. The summed E-state index contributed by atoms with van der Waals surface area (Å²) in [6, 6.07) is 7.17. The van der Waals surface area contributed by atoms with Gasteiger partial charge in [-0.2, -0.15) is 0 Å². The lowest BCUT2D eigenvalue weighted by molar-refractivity contribution is -0.141. The molecule has 0 radical (unpaired) electrons. The van der Waals surface area contributed by atoms with Crippen molar-refractivity contribution in [2.45, 2.75) is 45.4 Å². The Labute approximate surface area is 172 Å². The lowest BCUT2D eigenvalue weighted by Gasteiger charge is -2.33. The van der Waals surface area contributed by atoms with E-state index < -0.39 is 12.0 Å². The van der Waals surface area contributed by atoms with Gasteiger partial charge in [-0.3, -0.25) is 9.69 Å². The Morgan fingerprint density at radius 2 is 2.00 bits per heavy atom. The summed E-state index contributed by atoms with van der Waals surface area (Å²) in [7, 11) is 0. The second-order valence-corrected chi connectivity index (χ2v) is 9.15. The summed E-state index contributed by atoms with van der Waals surface area (Å²) < 4.78 is 6.44. The Bertz CT molecular complexity index is 817. The zero-order chi connectivity index (χ0) is 19.7. The predicted molar refractivity (Wildman–Crippen MR) is 111 cm³/mol. The van der Waals surface area contributed by atoms with Crippen molar-refractivity contribution < 1.29 is 14.3 Å². The molecule has 0 saturated carbocycles. The van der Waals surface area contributed by atoms with Gasteiger partial charge < -0.3 is 4.74 Å². The van der Waals surface area contributed by atoms with Crippen LogP contribution >= 0.6 is 27.7 Å². The van der Waals surface area contributed by atoms with Gasteiger partial charge in [0, 0.05) is 4.47 Å². The van der Waals surface area contributed by atoms with E-state index in [0.717, 1.165) is 16.5 Å². The number of halogens is 1. The van der Waals surface area contributed by atoms with E-state index in [2.05, 4.69) is 20.9 Å². The molecule has 0 unspecified atom stereocenters. The molecule has 2 aliphatic heterocycles. The summed E-state index contributed by atoms with van der Waals surface area (Å²) in [5.74, 6) is -0.178. The van der Waals surface area contributed by atoms with Crippen molar-refractivity contribution >= 4 is 44.7 Å². The summed E-state index contributed by atoms with van der Waals surface area (Å²) >= 11 is 4.91. The van der Waals surface area contributed by atoms with Gasteiger partial charge in [-0.1, -0.05) is 60.6 Å². The number of thioether (sulfide) groups is 1. The van der Waals surface area contributed by atoms with E-state index in [9.17, 15) is 9.59 Å². The van der Waals surface area contributed by atoms with Crippen molar-refractivity contribution in [3.8, 4) is 0 Å². The normalized spacial score (nSPS) is 22.2. The smallest absolute Gasteiger partial charge is 0.338 e. The van der Waals surface area contributed by atoms with E-state index >= 15 is 0 Å². The third-order valence-corrected chi connectivity index (χ3v) is 6.32. The van der Waals surface area contributed by atoms with Crippen LogP contribution in [0.25, 0.3) is 0 Å². The van der Waals surface area contributed by atoms with Gasteiger partial charge >= 0.3 is 5.97 Å². The van der Waals surface area contributed by atoms with Crippen molar-refractivity contribution in [2.24, 2.45) is 10.9 Å². The van der Waals surface area contributed by atoms with Gasteiger partial charge in [-0.25, -0.2) is 9.79 Å². The van der Waals surface area contributed by atoms with E-state index in [1.54, 1.807) is 4.90 Å². The monoisotopic (exact) mass is 450 g/mol. The molecule has 1 fully saturated rings. The molecule has 5 nitrogen and oxygen atoms in total. The molecule has 144 valence electrons. The highest BCUT2D eigenvalue weighted by Gasteiger charge is 2.47. The molecule has 0 bridgehead atoms. The largest absolute Gasteiger partial charge is 0.462 e. The summed E-state index contributed by atoms with van der Waals surface area (Å²) in [5, 5.41) is 0.498. The number of hydrogen-bond acceptors (Lipinski definition) is 5. The number of fused-ring (bicyclic) bond motifs is 1. The molecule has 0 spiro atoms. The number of amides is 1. The van der Waals surface area contributed by atoms with Gasteiger partial charge in [0.15, 0.2) is 5.17 Å². The maximum Gasteiger partial charge on any atom is 0.338 e. The second kappa shape index (κ2) is 8.19. The lowest BCUT2D eigenvalue weighted by Crippen LogP contribution is -2.40. The van der Waals surface area contributed by atoms with Gasteiger partial charge in [0.25, 0.3) is 0 Å². The van der Waals surface area contributed by atoms with Crippen molar-refractivity contribution in [2.75, 3.05) is 6.61 Å². The number of allylic oxidation sites excluding steroid dienone is 1. The average Bonchev–Trinajstić information content (AvgIpc) is 2.94. The molecular weight excluding hydrogens is 428 g/mol. The number of amidine groups is 1. The van der Waals surface area contributed by atoms with Crippen LogP contribution in [0.5, 0.6) is 0 Å². The van der Waals surface area contributed by atoms with Crippen LogP contribution in [-0.2, 0) is 14.3 Å². The van der Waals surface area contributed by atoms with Crippen molar-refractivity contribution in [3.63, 3.8) is 0 Å². The van der Waals surface area contributed by atoms with Crippen molar-refractivity contribution in [1.29, 1.82) is 0 Å². The summed E-state index contributed by atoms with van der Waals surface area (Å²) in [5.41, 5.74) is 1.92. The Balaban J connectivity index is 2.06. The van der Waals surface area contributed by atoms with Crippen LogP contribution < -0.4 is 0 Å². The summed E-state index contributed by atoms with van der Waals surface area (Å²) in [6.45, 7) is 8.11. The van der Waals surface area contributed by atoms with Crippen molar-refractivity contribution in [1.82, 2.24) is 4.90 Å². The van der Waals surface area contributed by atoms with E-state index in [-0.39, 0.29) is 17.1 Å². The fourth-order valence-electron chi connectivity index (χ4n) is 3.13. The quantitative estimate of drug-likeness (QED) is 0.610. The van der Waals surface area contributed by atoms with Crippen LogP contribution in [0.3, 0.4) is 0 Å². The highest BCUT2D eigenvalue weighted by Crippen LogP contribution is 2.44. The first-order valence-corrected chi connectivity index (χ1v) is 10.7. The lowest BCUT2D eigenvalue weighted by atomic mass is 9.94. The minimum absolute atomic E-state index is 0.00386. The summed E-state index contributed by atoms with van der Waals surface area (Å²) in [4.78, 5) is 32.1. The number of esters is 1. The highest BCUT2D eigenvalue weighted by molar-refractivity contribution is 9.10. The molecule has 1 saturated heterocycles. The van der Waals surface area contributed by atoms with Crippen LogP contribution in [0.4, 0.5) is 0 Å². The molecule has 2 aliphatic rings. The third-order valence-electron chi connectivity index (χ3n) is 4.48. The standard InChI is InChI=1S/C20H23BrN2O3S/c1-5-15-18(24)23-17(13-6-8-14(21)9-7-13)16(12(4)22-20(23)27-15)19(25)26-10-11(2)3/h6-9,11,15,17H,5,10H2,1-4H3/t15-,17+/m1/s1. The van der Waals surface area contributed by atoms with Gasteiger partial charge in [0.1, 0.15) is 0 Å². The Morgan fingerprint density at radius 3 is 2.59 bits per heavy atom.